The Hall–Kier alpha value is -0.610. The van der Waals surface area contributed by atoms with Crippen molar-refractivity contribution < 1.29 is 9.53 Å². The lowest BCUT2D eigenvalue weighted by molar-refractivity contribution is -0.127. The van der Waals surface area contributed by atoms with Crippen LogP contribution < -0.4 is 10.6 Å². The largest absolute Gasteiger partial charge is 0.378 e. The molecule has 2 fully saturated rings. The van der Waals surface area contributed by atoms with Crippen LogP contribution >= 0.6 is 0 Å². The summed E-state index contributed by atoms with van der Waals surface area (Å²) in [5, 5.41) is 6.41. The van der Waals surface area contributed by atoms with Gasteiger partial charge in [-0.05, 0) is 32.7 Å². The van der Waals surface area contributed by atoms with Gasteiger partial charge in [-0.1, -0.05) is 0 Å². The molecule has 2 rings (SSSR count). The fourth-order valence-electron chi connectivity index (χ4n) is 2.36. The maximum atomic E-state index is 11.9. The van der Waals surface area contributed by atoms with Gasteiger partial charge in [0.2, 0.25) is 5.91 Å². The highest BCUT2D eigenvalue weighted by Gasteiger charge is 2.31. The molecule has 4 heteroatoms. The first-order valence-corrected chi connectivity index (χ1v) is 5.90. The molecule has 86 valence electrons. The fourth-order valence-corrected chi connectivity index (χ4v) is 2.36. The molecule has 2 aliphatic rings. The standard InChI is InChI=1S/C11H20N2O2/c1-8-10(4-6-15-8)11(14)13-9-3-2-5-12-7-9/h8-10,12H,2-7H2,1H3,(H,13,14). The van der Waals surface area contributed by atoms with Crippen LogP contribution in [-0.2, 0) is 9.53 Å². The highest BCUT2D eigenvalue weighted by molar-refractivity contribution is 5.79. The molecule has 2 N–H and O–H groups in total. The minimum atomic E-state index is 0.0620. The molecule has 0 aliphatic carbocycles. The molecule has 0 aromatic rings. The fraction of sp³-hybridized carbons (Fsp3) is 0.909. The topological polar surface area (TPSA) is 50.4 Å². The van der Waals surface area contributed by atoms with Gasteiger partial charge in [0.15, 0.2) is 0 Å². The third-order valence-electron chi connectivity index (χ3n) is 3.36. The van der Waals surface area contributed by atoms with Crippen LogP contribution in [0.3, 0.4) is 0 Å². The summed E-state index contributed by atoms with van der Waals surface area (Å²) in [4.78, 5) is 11.9. The van der Waals surface area contributed by atoms with E-state index in [1.807, 2.05) is 6.92 Å². The number of amides is 1. The normalized spacial score (nSPS) is 36.5. The quantitative estimate of drug-likeness (QED) is 0.691. The van der Waals surface area contributed by atoms with Crippen LogP contribution in [0.5, 0.6) is 0 Å². The van der Waals surface area contributed by atoms with Crippen molar-refractivity contribution in [3.05, 3.63) is 0 Å². The van der Waals surface area contributed by atoms with E-state index in [4.69, 9.17) is 4.74 Å². The van der Waals surface area contributed by atoms with E-state index in [0.717, 1.165) is 39.0 Å². The van der Waals surface area contributed by atoms with Crippen molar-refractivity contribution in [3.8, 4) is 0 Å². The number of hydrogen-bond acceptors (Lipinski definition) is 3. The second kappa shape index (κ2) is 4.94. The van der Waals surface area contributed by atoms with Crippen LogP contribution in [-0.4, -0.2) is 37.7 Å². The van der Waals surface area contributed by atoms with Crippen LogP contribution in [0.1, 0.15) is 26.2 Å². The molecular weight excluding hydrogens is 192 g/mol. The number of hydrogen-bond donors (Lipinski definition) is 2. The minimum absolute atomic E-state index is 0.0620. The number of ether oxygens (including phenoxy) is 1. The van der Waals surface area contributed by atoms with E-state index in [1.165, 1.54) is 0 Å². The first-order valence-electron chi connectivity index (χ1n) is 5.90. The summed E-state index contributed by atoms with van der Waals surface area (Å²) in [5.74, 6) is 0.237. The van der Waals surface area contributed by atoms with Gasteiger partial charge in [0.25, 0.3) is 0 Å². The average molecular weight is 212 g/mol. The summed E-state index contributed by atoms with van der Waals surface area (Å²) in [7, 11) is 0. The van der Waals surface area contributed by atoms with Crippen LogP contribution in [0, 0.1) is 5.92 Å². The molecule has 1 amide bonds. The van der Waals surface area contributed by atoms with Gasteiger partial charge in [-0.25, -0.2) is 0 Å². The van der Waals surface area contributed by atoms with E-state index in [9.17, 15) is 4.79 Å². The van der Waals surface area contributed by atoms with Crippen molar-refractivity contribution in [1.29, 1.82) is 0 Å². The molecule has 15 heavy (non-hydrogen) atoms. The van der Waals surface area contributed by atoms with Gasteiger partial charge >= 0.3 is 0 Å². The zero-order valence-corrected chi connectivity index (χ0v) is 9.29. The Morgan fingerprint density at radius 1 is 1.47 bits per heavy atom. The Morgan fingerprint density at radius 2 is 2.33 bits per heavy atom. The van der Waals surface area contributed by atoms with Gasteiger partial charge in [0.1, 0.15) is 0 Å². The summed E-state index contributed by atoms with van der Waals surface area (Å²) < 4.78 is 5.40. The molecule has 0 aromatic heterocycles. The van der Waals surface area contributed by atoms with Gasteiger partial charge in [-0.3, -0.25) is 4.79 Å². The molecule has 0 saturated carbocycles. The Kier molecular flexibility index (Phi) is 3.59. The van der Waals surface area contributed by atoms with Crippen molar-refractivity contribution in [1.82, 2.24) is 10.6 Å². The average Bonchev–Trinajstić information content (AvgIpc) is 2.66. The molecule has 0 bridgehead atoms. The first-order chi connectivity index (χ1) is 7.27. The molecule has 0 spiro atoms. The van der Waals surface area contributed by atoms with Crippen molar-refractivity contribution in [3.63, 3.8) is 0 Å². The second-order valence-electron chi connectivity index (χ2n) is 4.52. The molecule has 0 radical (unpaired) electrons. The summed E-state index contributed by atoms with van der Waals surface area (Å²) in [6, 6.07) is 0.319. The molecule has 3 atom stereocenters. The van der Waals surface area contributed by atoms with Crippen molar-refractivity contribution in [2.45, 2.75) is 38.3 Å². The van der Waals surface area contributed by atoms with Crippen molar-refractivity contribution in [2.75, 3.05) is 19.7 Å². The van der Waals surface area contributed by atoms with Gasteiger partial charge in [-0.15, -0.1) is 0 Å². The molecule has 3 unspecified atom stereocenters. The second-order valence-corrected chi connectivity index (χ2v) is 4.52. The lowest BCUT2D eigenvalue weighted by atomic mass is 10.00. The molecule has 2 saturated heterocycles. The molecular formula is C11H20N2O2. The number of piperidine rings is 1. The van der Waals surface area contributed by atoms with E-state index in [-0.39, 0.29) is 17.9 Å². The van der Waals surface area contributed by atoms with Gasteiger partial charge in [0, 0.05) is 19.2 Å². The zero-order valence-electron chi connectivity index (χ0n) is 9.29. The van der Waals surface area contributed by atoms with Crippen LogP contribution in [0.4, 0.5) is 0 Å². The monoisotopic (exact) mass is 212 g/mol. The summed E-state index contributed by atoms with van der Waals surface area (Å²) in [5.41, 5.74) is 0. The smallest absolute Gasteiger partial charge is 0.226 e. The van der Waals surface area contributed by atoms with Gasteiger partial charge in [0.05, 0.1) is 12.0 Å². The van der Waals surface area contributed by atoms with Crippen LogP contribution in [0.15, 0.2) is 0 Å². The van der Waals surface area contributed by atoms with Crippen LogP contribution in [0.2, 0.25) is 0 Å². The minimum Gasteiger partial charge on any atom is -0.378 e. The predicted molar refractivity (Wildman–Crippen MR) is 57.6 cm³/mol. The Balaban J connectivity index is 1.80. The lowest BCUT2D eigenvalue weighted by Gasteiger charge is -2.25. The van der Waals surface area contributed by atoms with Crippen molar-refractivity contribution >= 4 is 5.91 Å². The first kappa shape index (κ1) is 10.9. The SMILES string of the molecule is CC1OCCC1C(=O)NC1CCCNC1. The number of carbonyl (C=O) groups is 1. The third kappa shape index (κ3) is 2.69. The maximum absolute atomic E-state index is 11.9. The molecule has 2 heterocycles. The van der Waals surface area contributed by atoms with E-state index in [1.54, 1.807) is 0 Å². The Morgan fingerprint density at radius 3 is 2.93 bits per heavy atom. The molecule has 4 nitrogen and oxygen atoms in total. The summed E-state index contributed by atoms with van der Waals surface area (Å²) in [6.45, 7) is 4.70. The summed E-state index contributed by atoms with van der Waals surface area (Å²) in [6.07, 6.45) is 3.21. The maximum Gasteiger partial charge on any atom is 0.226 e. The number of carbonyl (C=O) groups excluding carboxylic acids is 1. The zero-order chi connectivity index (χ0) is 10.7. The van der Waals surface area contributed by atoms with E-state index >= 15 is 0 Å². The van der Waals surface area contributed by atoms with Crippen molar-refractivity contribution in [2.24, 2.45) is 5.92 Å². The van der Waals surface area contributed by atoms with E-state index in [2.05, 4.69) is 10.6 Å². The van der Waals surface area contributed by atoms with Crippen LogP contribution in [0.25, 0.3) is 0 Å². The van der Waals surface area contributed by atoms with Gasteiger partial charge < -0.3 is 15.4 Å². The van der Waals surface area contributed by atoms with Gasteiger partial charge in [-0.2, -0.15) is 0 Å². The lowest BCUT2D eigenvalue weighted by Crippen LogP contribution is -2.48. The highest BCUT2D eigenvalue weighted by atomic mass is 16.5. The number of rotatable bonds is 2. The highest BCUT2D eigenvalue weighted by Crippen LogP contribution is 2.20. The van der Waals surface area contributed by atoms with E-state index in [0.29, 0.717) is 6.04 Å². The third-order valence-corrected chi connectivity index (χ3v) is 3.36. The Bertz CT molecular complexity index is 227. The summed E-state index contributed by atoms with van der Waals surface area (Å²) >= 11 is 0. The number of nitrogens with one attached hydrogen (secondary N) is 2. The van der Waals surface area contributed by atoms with E-state index < -0.39 is 0 Å². The molecule has 2 aliphatic heterocycles. The molecule has 0 aromatic carbocycles. The predicted octanol–water partition coefficient (Wildman–Crippen LogP) is 0.280. The Labute approximate surface area is 90.8 Å².